The van der Waals surface area contributed by atoms with Gasteiger partial charge in [0.05, 0.1) is 10.2 Å². The number of hydrogen-bond acceptors (Lipinski definition) is 4. The molecule has 0 aliphatic heterocycles. The molecule has 28 heavy (non-hydrogen) atoms. The third kappa shape index (κ3) is 5.37. The second-order valence-corrected chi connectivity index (χ2v) is 8.57. The zero-order chi connectivity index (χ0) is 19.6. The highest BCUT2D eigenvalue weighted by Gasteiger charge is 2.21. The largest absolute Gasteiger partial charge is 0.309 e. The lowest BCUT2D eigenvalue weighted by molar-refractivity contribution is 0.0986. The third-order valence-electron chi connectivity index (χ3n) is 4.19. The molecule has 8 heteroatoms. The van der Waals surface area contributed by atoms with Gasteiger partial charge >= 0.3 is 0 Å². The van der Waals surface area contributed by atoms with Gasteiger partial charge in [-0.15, -0.1) is 12.4 Å². The second kappa shape index (κ2) is 9.90. The van der Waals surface area contributed by atoms with E-state index in [0.29, 0.717) is 27.3 Å². The van der Waals surface area contributed by atoms with Gasteiger partial charge in [-0.25, -0.2) is 4.98 Å². The molecule has 1 heterocycles. The number of hydrogen-bond donors (Lipinski definition) is 0. The van der Waals surface area contributed by atoms with Crippen LogP contribution in [0, 0.1) is 6.92 Å². The lowest BCUT2D eigenvalue weighted by Gasteiger charge is -2.21. The maximum absolute atomic E-state index is 13.2. The summed E-state index contributed by atoms with van der Waals surface area (Å²) in [6.07, 6.45) is 0.849. The lowest BCUT2D eigenvalue weighted by Crippen LogP contribution is -2.33. The Bertz CT molecular complexity index is 957. The van der Waals surface area contributed by atoms with Crippen LogP contribution in [-0.4, -0.2) is 43.0 Å². The van der Waals surface area contributed by atoms with E-state index < -0.39 is 0 Å². The van der Waals surface area contributed by atoms with Crippen molar-refractivity contribution >= 4 is 68.2 Å². The molecule has 3 aromatic rings. The molecule has 0 aliphatic rings. The van der Waals surface area contributed by atoms with Gasteiger partial charge in [-0.05, 0) is 75.9 Å². The number of thiazole rings is 1. The predicted molar refractivity (Wildman–Crippen MR) is 123 cm³/mol. The van der Waals surface area contributed by atoms with Crippen molar-refractivity contribution in [3.63, 3.8) is 0 Å². The highest BCUT2D eigenvalue weighted by Crippen LogP contribution is 2.33. The Labute approximate surface area is 185 Å². The number of fused-ring (bicyclic) bond motifs is 1. The minimum Gasteiger partial charge on any atom is -0.309 e. The average Bonchev–Trinajstić information content (AvgIpc) is 3.02. The fourth-order valence-electron chi connectivity index (χ4n) is 2.84. The highest BCUT2D eigenvalue weighted by molar-refractivity contribution is 7.22. The Hall–Kier alpha value is -1.37. The van der Waals surface area contributed by atoms with Crippen LogP contribution in [0.2, 0.25) is 10.0 Å². The minimum absolute atomic E-state index is 0. The van der Waals surface area contributed by atoms with Crippen LogP contribution in [0.25, 0.3) is 10.2 Å². The predicted octanol–water partition coefficient (Wildman–Crippen LogP) is 5.93. The molecule has 0 atom stereocenters. The van der Waals surface area contributed by atoms with Crippen molar-refractivity contribution in [3.05, 3.63) is 57.6 Å². The van der Waals surface area contributed by atoms with Crippen LogP contribution in [0.5, 0.6) is 0 Å². The highest BCUT2D eigenvalue weighted by atomic mass is 35.5. The molecule has 3 rings (SSSR count). The molecule has 4 nitrogen and oxygen atoms in total. The molecule has 0 saturated heterocycles. The number of nitrogens with zero attached hydrogens (tertiary/aromatic N) is 3. The molecule has 0 saturated carbocycles. The van der Waals surface area contributed by atoms with Gasteiger partial charge in [0, 0.05) is 22.2 Å². The van der Waals surface area contributed by atoms with E-state index in [1.807, 2.05) is 33.2 Å². The van der Waals surface area contributed by atoms with Crippen LogP contribution in [0.3, 0.4) is 0 Å². The zero-order valence-corrected chi connectivity index (χ0v) is 19.1. The fourth-order valence-corrected chi connectivity index (χ4v) is 4.41. The van der Waals surface area contributed by atoms with Crippen molar-refractivity contribution in [1.29, 1.82) is 0 Å². The summed E-state index contributed by atoms with van der Waals surface area (Å²) in [5, 5.41) is 1.98. The molecule has 0 spiro atoms. The molecule has 1 aromatic heterocycles. The van der Waals surface area contributed by atoms with E-state index in [-0.39, 0.29) is 18.3 Å². The Balaban J connectivity index is 0.00000280. The quantitative estimate of drug-likeness (QED) is 0.459. The summed E-state index contributed by atoms with van der Waals surface area (Å²) in [6, 6.07) is 10.8. The van der Waals surface area contributed by atoms with Crippen molar-refractivity contribution in [2.45, 2.75) is 13.3 Å². The van der Waals surface area contributed by atoms with Crippen molar-refractivity contribution in [2.24, 2.45) is 0 Å². The summed E-state index contributed by atoms with van der Waals surface area (Å²) in [4.78, 5) is 21.8. The number of anilines is 1. The van der Waals surface area contributed by atoms with Crippen LogP contribution in [0.4, 0.5) is 5.13 Å². The second-order valence-electron chi connectivity index (χ2n) is 6.69. The molecule has 0 unspecified atom stereocenters. The number of halogens is 3. The maximum atomic E-state index is 13.2. The molecule has 2 aromatic carbocycles. The molecule has 1 amide bonds. The molecule has 0 radical (unpaired) electrons. The normalized spacial score (nSPS) is 10.9. The third-order valence-corrected chi connectivity index (χ3v) is 5.69. The zero-order valence-electron chi connectivity index (χ0n) is 15.9. The van der Waals surface area contributed by atoms with Gasteiger partial charge < -0.3 is 4.90 Å². The SMILES string of the molecule is Cc1cc(Cl)cc2sc(N(CCCN(C)C)C(=O)c3ccc(Cl)cc3)nc12.Cl. The first-order chi connectivity index (χ1) is 12.8. The van der Waals surface area contributed by atoms with E-state index in [9.17, 15) is 4.79 Å². The monoisotopic (exact) mass is 457 g/mol. The van der Waals surface area contributed by atoms with E-state index in [1.54, 1.807) is 29.2 Å². The standard InChI is InChI=1S/C20H21Cl2N3OS.ClH/c1-13-11-16(22)12-17-18(13)23-20(27-17)25(10-4-9-24(2)3)19(26)14-5-7-15(21)8-6-14;/h5-8,11-12H,4,9-10H2,1-3H3;1H. The molecule has 0 bridgehead atoms. The molecule has 0 fully saturated rings. The molecular formula is C20H22Cl3N3OS. The van der Waals surface area contributed by atoms with Crippen molar-refractivity contribution in [2.75, 3.05) is 32.1 Å². The van der Waals surface area contributed by atoms with Crippen molar-refractivity contribution in [3.8, 4) is 0 Å². The van der Waals surface area contributed by atoms with Gasteiger partial charge in [0.1, 0.15) is 0 Å². The Morgan fingerprint density at radius 1 is 1.07 bits per heavy atom. The van der Waals surface area contributed by atoms with Gasteiger partial charge in [0.15, 0.2) is 5.13 Å². The summed E-state index contributed by atoms with van der Waals surface area (Å²) in [5.74, 6) is -0.0757. The van der Waals surface area contributed by atoms with E-state index >= 15 is 0 Å². The number of carbonyl (C=O) groups is 1. The topological polar surface area (TPSA) is 36.4 Å². The Kier molecular flexibility index (Phi) is 8.10. The van der Waals surface area contributed by atoms with E-state index in [1.165, 1.54) is 11.3 Å². The first kappa shape index (κ1) is 22.9. The van der Waals surface area contributed by atoms with Gasteiger partial charge in [-0.1, -0.05) is 34.5 Å². The van der Waals surface area contributed by atoms with Crippen LogP contribution < -0.4 is 4.90 Å². The van der Waals surface area contributed by atoms with E-state index in [2.05, 4.69) is 4.90 Å². The summed E-state index contributed by atoms with van der Waals surface area (Å²) in [7, 11) is 4.04. The van der Waals surface area contributed by atoms with Crippen LogP contribution in [0.15, 0.2) is 36.4 Å². The van der Waals surface area contributed by atoms with Gasteiger partial charge in [-0.3, -0.25) is 9.69 Å². The summed E-state index contributed by atoms with van der Waals surface area (Å²) < 4.78 is 0.983. The van der Waals surface area contributed by atoms with Crippen molar-refractivity contribution in [1.82, 2.24) is 9.88 Å². The first-order valence-corrected chi connectivity index (χ1v) is 10.2. The number of aromatic nitrogens is 1. The number of benzene rings is 2. The average molecular weight is 459 g/mol. The number of rotatable bonds is 6. The molecular weight excluding hydrogens is 437 g/mol. The Morgan fingerprint density at radius 3 is 2.39 bits per heavy atom. The molecule has 150 valence electrons. The van der Waals surface area contributed by atoms with Gasteiger partial charge in [0.2, 0.25) is 0 Å². The first-order valence-electron chi connectivity index (χ1n) is 8.64. The minimum atomic E-state index is -0.0757. The number of amides is 1. The fraction of sp³-hybridized carbons (Fsp3) is 0.300. The van der Waals surface area contributed by atoms with Gasteiger partial charge in [-0.2, -0.15) is 0 Å². The molecule has 0 N–H and O–H groups in total. The lowest BCUT2D eigenvalue weighted by atomic mass is 10.2. The van der Waals surface area contributed by atoms with Crippen molar-refractivity contribution < 1.29 is 4.79 Å². The van der Waals surface area contributed by atoms with E-state index in [4.69, 9.17) is 28.2 Å². The molecule has 0 aliphatic carbocycles. The van der Waals surface area contributed by atoms with Crippen LogP contribution in [-0.2, 0) is 0 Å². The van der Waals surface area contributed by atoms with Crippen LogP contribution >= 0.6 is 46.9 Å². The Morgan fingerprint density at radius 2 is 1.75 bits per heavy atom. The van der Waals surface area contributed by atoms with E-state index in [0.717, 1.165) is 28.7 Å². The smallest absolute Gasteiger partial charge is 0.260 e. The summed E-state index contributed by atoms with van der Waals surface area (Å²) in [5.41, 5.74) is 2.49. The number of aryl methyl sites for hydroxylation is 1. The van der Waals surface area contributed by atoms with Gasteiger partial charge in [0.25, 0.3) is 5.91 Å². The number of carbonyl (C=O) groups excluding carboxylic acids is 1. The summed E-state index contributed by atoms with van der Waals surface area (Å²) in [6.45, 7) is 3.46. The van der Waals surface area contributed by atoms with Crippen LogP contribution in [0.1, 0.15) is 22.3 Å². The maximum Gasteiger partial charge on any atom is 0.260 e. The summed E-state index contributed by atoms with van der Waals surface area (Å²) >= 11 is 13.6.